The highest BCUT2D eigenvalue weighted by Crippen LogP contribution is 2.45. The summed E-state index contributed by atoms with van der Waals surface area (Å²) in [5, 5.41) is 2.91. The van der Waals surface area contributed by atoms with Gasteiger partial charge < -0.3 is 0 Å². The first-order valence-electron chi connectivity index (χ1n) is 6.91. The van der Waals surface area contributed by atoms with E-state index in [2.05, 4.69) is 4.85 Å². The molecule has 2 saturated heterocycles. The molecule has 0 saturated carbocycles. The quantitative estimate of drug-likeness (QED) is 0.785. The minimum Gasteiger partial charge on any atom is -0.272 e. The van der Waals surface area contributed by atoms with E-state index in [0.717, 1.165) is 6.07 Å². The number of alkyl halides is 2. The third kappa shape index (κ3) is 2.06. The smallest absolute Gasteiger partial charge is 0.254 e. The van der Waals surface area contributed by atoms with Gasteiger partial charge in [0.15, 0.2) is 5.69 Å². The predicted octanol–water partition coefficient (Wildman–Crippen LogP) is 3.15. The van der Waals surface area contributed by atoms with Crippen LogP contribution in [0.2, 0.25) is 0 Å². The summed E-state index contributed by atoms with van der Waals surface area (Å²) in [6, 6.07) is 3.38. The van der Waals surface area contributed by atoms with Crippen molar-refractivity contribution in [1.29, 1.82) is 0 Å². The fraction of sp³-hybridized carbons (Fsp3) is 0.467. The molecule has 1 aromatic carbocycles. The fourth-order valence-electron chi connectivity index (χ4n) is 3.16. The van der Waals surface area contributed by atoms with Gasteiger partial charge in [-0.3, -0.25) is 9.80 Å². The zero-order valence-electron chi connectivity index (χ0n) is 11.9. The molecular weight excluding hydrogens is 295 g/mol. The zero-order valence-corrected chi connectivity index (χ0v) is 11.9. The molecular formula is C15H14F3N3O. The van der Waals surface area contributed by atoms with Gasteiger partial charge in [0.25, 0.3) is 12.3 Å². The first-order chi connectivity index (χ1) is 10.4. The molecule has 0 N–H and O–H groups in total. The van der Waals surface area contributed by atoms with Crippen molar-refractivity contribution in [2.45, 2.75) is 25.8 Å². The summed E-state index contributed by atoms with van der Waals surface area (Å²) >= 11 is 0. The molecule has 7 heteroatoms. The molecule has 0 unspecified atom stereocenters. The summed E-state index contributed by atoms with van der Waals surface area (Å²) in [7, 11) is 0. The Bertz CT molecular complexity index is 672. The summed E-state index contributed by atoms with van der Waals surface area (Å²) in [6.45, 7) is 8.66. The van der Waals surface area contributed by atoms with Gasteiger partial charge in [0.05, 0.1) is 12.6 Å². The van der Waals surface area contributed by atoms with Crippen molar-refractivity contribution >= 4 is 11.6 Å². The number of fused-ring (bicyclic) bond motifs is 1. The molecule has 4 nitrogen and oxygen atoms in total. The van der Waals surface area contributed by atoms with Crippen molar-refractivity contribution in [1.82, 2.24) is 10.0 Å². The minimum absolute atomic E-state index is 0.0367. The molecule has 2 atom stereocenters. The Balaban J connectivity index is 1.97. The molecule has 0 aliphatic carbocycles. The van der Waals surface area contributed by atoms with Crippen LogP contribution in [-0.4, -0.2) is 35.4 Å². The van der Waals surface area contributed by atoms with Gasteiger partial charge in [-0.25, -0.2) is 23.0 Å². The van der Waals surface area contributed by atoms with Crippen LogP contribution < -0.4 is 0 Å². The number of rotatable bonds is 2. The Morgan fingerprint density at radius 3 is 2.77 bits per heavy atom. The molecule has 3 rings (SSSR count). The van der Waals surface area contributed by atoms with Gasteiger partial charge in [0.1, 0.15) is 11.2 Å². The Hall–Kier alpha value is -2.07. The molecule has 0 aromatic heterocycles. The van der Waals surface area contributed by atoms with Gasteiger partial charge in [-0.05, 0) is 31.0 Å². The first-order valence-corrected chi connectivity index (χ1v) is 6.91. The summed E-state index contributed by atoms with van der Waals surface area (Å²) in [5.74, 6) is -1.20. The maximum atomic E-state index is 13.6. The first kappa shape index (κ1) is 14.9. The molecule has 2 aliphatic heterocycles. The fourth-order valence-corrected chi connectivity index (χ4v) is 3.16. The maximum Gasteiger partial charge on any atom is 0.254 e. The van der Waals surface area contributed by atoms with Crippen LogP contribution >= 0.6 is 0 Å². The van der Waals surface area contributed by atoms with Crippen molar-refractivity contribution in [3.8, 4) is 0 Å². The van der Waals surface area contributed by atoms with Gasteiger partial charge in [-0.1, -0.05) is 6.07 Å². The van der Waals surface area contributed by atoms with Crippen LogP contribution in [0.4, 0.5) is 18.9 Å². The maximum absolute atomic E-state index is 13.6. The van der Waals surface area contributed by atoms with Gasteiger partial charge in [-0.15, -0.1) is 0 Å². The molecule has 1 aromatic rings. The van der Waals surface area contributed by atoms with Crippen molar-refractivity contribution < 1.29 is 18.0 Å². The number of nitrogens with zero attached hydrogens (tertiary/aromatic N) is 3. The van der Waals surface area contributed by atoms with E-state index in [4.69, 9.17) is 6.57 Å². The van der Waals surface area contributed by atoms with Crippen molar-refractivity contribution in [3.63, 3.8) is 0 Å². The van der Waals surface area contributed by atoms with E-state index in [-0.39, 0.29) is 12.2 Å². The molecule has 0 radical (unpaired) electrons. The number of hydrazine groups is 1. The molecule has 2 fully saturated rings. The van der Waals surface area contributed by atoms with Gasteiger partial charge >= 0.3 is 0 Å². The molecule has 0 bridgehead atoms. The van der Waals surface area contributed by atoms with E-state index in [0.29, 0.717) is 18.5 Å². The van der Waals surface area contributed by atoms with Crippen molar-refractivity contribution in [3.05, 3.63) is 41.0 Å². The lowest BCUT2D eigenvalue weighted by Gasteiger charge is -2.26. The van der Waals surface area contributed by atoms with E-state index in [1.54, 1.807) is 5.01 Å². The van der Waals surface area contributed by atoms with Crippen LogP contribution in [0.25, 0.3) is 4.85 Å². The predicted molar refractivity (Wildman–Crippen MR) is 72.6 cm³/mol. The largest absolute Gasteiger partial charge is 0.272 e. The molecule has 2 aliphatic rings. The summed E-state index contributed by atoms with van der Waals surface area (Å²) in [6.07, 6.45) is -2.22. The summed E-state index contributed by atoms with van der Waals surface area (Å²) < 4.78 is 40.0. The third-order valence-corrected chi connectivity index (χ3v) is 4.37. The second kappa shape index (κ2) is 4.99. The SMILES string of the molecule is [C-]#[N+]c1cc(F)cc([C@@H]2CCN3C[C@](C)(C(F)F)C(=O)N23)c1. The second-order valence-electron chi connectivity index (χ2n) is 5.92. The molecule has 2 heterocycles. The lowest BCUT2D eigenvalue weighted by Crippen LogP contribution is -2.39. The summed E-state index contributed by atoms with van der Waals surface area (Å²) in [5.41, 5.74) is -1.12. The average Bonchev–Trinajstić information content (AvgIpc) is 2.98. The number of benzene rings is 1. The molecule has 0 spiro atoms. The number of hydrogen-bond acceptors (Lipinski definition) is 2. The van der Waals surface area contributed by atoms with E-state index >= 15 is 0 Å². The van der Waals surface area contributed by atoms with Crippen molar-refractivity contribution in [2.24, 2.45) is 5.41 Å². The standard InChI is InChI=1S/C15H14F3N3O/c1-15(13(17)18)8-20-4-3-12(21(20)14(15)22)9-5-10(16)7-11(6-9)19-2/h5-7,12-13H,3-4,8H2,1H3/t12-,15+/m0/s1. The lowest BCUT2D eigenvalue weighted by atomic mass is 9.90. The highest BCUT2D eigenvalue weighted by molar-refractivity contribution is 5.85. The number of carbonyl (C=O) groups excluding carboxylic acids is 1. The Morgan fingerprint density at radius 1 is 1.41 bits per heavy atom. The Kier molecular flexibility index (Phi) is 3.37. The second-order valence-corrected chi connectivity index (χ2v) is 5.92. The Morgan fingerprint density at radius 2 is 2.14 bits per heavy atom. The molecule has 22 heavy (non-hydrogen) atoms. The topological polar surface area (TPSA) is 27.9 Å². The highest BCUT2D eigenvalue weighted by Gasteiger charge is 2.57. The lowest BCUT2D eigenvalue weighted by molar-refractivity contribution is -0.147. The number of carbonyl (C=O) groups is 1. The Labute approximate surface area is 125 Å². The average molecular weight is 309 g/mol. The highest BCUT2D eigenvalue weighted by atomic mass is 19.3. The molecule has 116 valence electrons. The van der Waals surface area contributed by atoms with Crippen LogP contribution in [-0.2, 0) is 4.79 Å². The van der Waals surface area contributed by atoms with Crippen LogP contribution in [0, 0.1) is 17.8 Å². The van der Waals surface area contributed by atoms with Crippen LogP contribution in [0.15, 0.2) is 18.2 Å². The zero-order chi connectivity index (χ0) is 16.1. The van der Waals surface area contributed by atoms with Crippen LogP contribution in [0.5, 0.6) is 0 Å². The van der Waals surface area contributed by atoms with Crippen LogP contribution in [0.3, 0.4) is 0 Å². The number of halogens is 3. The monoisotopic (exact) mass is 309 g/mol. The van der Waals surface area contributed by atoms with Crippen molar-refractivity contribution in [2.75, 3.05) is 13.1 Å². The van der Waals surface area contributed by atoms with Gasteiger partial charge in [0, 0.05) is 13.1 Å². The third-order valence-electron chi connectivity index (χ3n) is 4.37. The minimum atomic E-state index is -2.75. The normalized spacial score (nSPS) is 28.3. The van der Waals surface area contributed by atoms with E-state index in [1.165, 1.54) is 24.1 Å². The van der Waals surface area contributed by atoms with E-state index in [9.17, 15) is 18.0 Å². The van der Waals surface area contributed by atoms with Crippen LogP contribution in [0.1, 0.15) is 24.9 Å². The van der Waals surface area contributed by atoms with E-state index < -0.39 is 29.6 Å². The van der Waals surface area contributed by atoms with E-state index in [1.807, 2.05) is 0 Å². The van der Waals surface area contributed by atoms with Gasteiger partial charge in [-0.2, -0.15) is 0 Å². The van der Waals surface area contributed by atoms with Gasteiger partial charge in [0.2, 0.25) is 0 Å². The number of hydrogen-bond donors (Lipinski definition) is 0. The number of amides is 1. The molecule has 1 amide bonds. The summed E-state index contributed by atoms with van der Waals surface area (Å²) in [4.78, 5) is 15.6.